The second kappa shape index (κ2) is 5.05. The Bertz CT molecular complexity index is 185. The Kier molecular flexibility index (Phi) is 3.49. The van der Waals surface area contributed by atoms with Gasteiger partial charge in [-0.25, -0.2) is 0 Å². The molecule has 3 fully saturated rings. The molecule has 3 rings (SSSR count). The standard InChI is InChI=1S/C14H26N2/c1-2-10-15(9-1)13-5-7-14(8-6-13)16-11-3-4-12-16/h13-14H,1-12H2. The summed E-state index contributed by atoms with van der Waals surface area (Å²) in [5.74, 6) is 0. The Hall–Kier alpha value is -0.0800. The topological polar surface area (TPSA) is 6.48 Å². The summed E-state index contributed by atoms with van der Waals surface area (Å²) in [5.41, 5.74) is 0. The third-order valence-corrected chi connectivity index (χ3v) is 4.98. The summed E-state index contributed by atoms with van der Waals surface area (Å²) >= 11 is 0. The number of hydrogen-bond acceptors (Lipinski definition) is 2. The monoisotopic (exact) mass is 222 g/mol. The van der Waals surface area contributed by atoms with Crippen LogP contribution in [0.3, 0.4) is 0 Å². The van der Waals surface area contributed by atoms with Crippen molar-refractivity contribution >= 4 is 0 Å². The maximum atomic E-state index is 2.76. The third kappa shape index (κ3) is 2.28. The molecule has 0 radical (unpaired) electrons. The van der Waals surface area contributed by atoms with E-state index in [-0.39, 0.29) is 0 Å². The van der Waals surface area contributed by atoms with Crippen LogP contribution in [-0.2, 0) is 0 Å². The van der Waals surface area contributed by atoms with Crippen LogP contribution in [0, 0.1) is 0 Å². The molecule has 92 valence electrons. The van der Waals surface area contributed by atoms with E-state index in [0.29, 0.717) is 0 Å². The van der Waals surface area contributed by atoms with Gasteiger partial charge in [-0.2, -0.15) is 0 Å². The molecule has 0 N–H and O–H groups in total. The van der Waals surface area contributed by atoms with Gasteiger partial charge in [-0.3, -0.25) is 0 Å². The van der Waals surface area contributed by atoms with E-state index in [2.05, 4.69) is 9.80 Å². The predicted octanol–water partition coefficient (Wildman–Crippen LogP) is 2.49. The molecule has 2 saturated heterocycles. The van der Waals surface area contributed by atoms with Crippen molar-refractivity contribution in [2.24, 2.45) is 0 Å². The highest BCUT2D eigenvalue weighted by molar-refractivity contribution is 4.87. The van der Waals surface area contributed by atoms with Crippen molar-refractivity contribution < 1.29 is 0 Å². The van der Waals surface area contributed by atoms with Gasteiger partial charge in [-0.05, 0) is 77.5 Å². The normalized spacial score (nSPS) is 38.2. The van der Waals surface area contributed by atoms with Gasteiger partial charge in [-0.15, -0.1) is 0 Å². The molecule has 3 aliphatic rings. The van der Waals surface area contributed by atoms with Gasteiger partial charge in [-0.1, -0.05) is 0 Å². The van der Waals surface area contributed by atoms with E-state index in [0.717, 1.165) is 12.1 Å². The van der Waals surface area contributed by atoms with Crippen LogP contribution in [0.4, 0.5) is 0 Å². The lowest BCUT2D eigenvalue weighted by Gasteiger charge is -2.38. The summed E-state index contributed by atoms with van der Waals surface area (Å²) in [5, 5.41) is 0. The highest BCUT2D eigenvalue weighted by atomic mass is 15.2. The van der Waals surface area contributed by atoms with E-state index in [4.69, 9.17) is 0 Å². The number of nitrogens with zero attached hydrogens (tertiary/aromatic N) is 2. The molecule has 0 amide bonds. The summed E-state index contributed by atoms with van der Waals surface area (Å²) in [4.78, 5) is 5.53. The van der Waals surface area contributed by atoms with E-state index < -0.39 is 0 Å². The lowest BCUT2D eigenvalue weighted by Crippen LogP contribution is -2.42. The fraction of sp³-hybridized carbons (Fsp3) is 1.00. The van der Waals surface area contributed by atoms with Crippen LogP contribution in [-0.4, -0.2) is 48.1 Å². The summed E-state index contributed by atoms with van der Waals surface area (Å²) in [6.45, 7) is 5.55. The SMILES string of the molecule is C1CCN(C2CCC(N3CCCC3)CC2)C1. The van der Waals surface area contributed by atoms with E-state index in [1.807, 2.05) is 0 Å². The van der Waals surface area contributed by atoms with Gasteiger partial charge in [0.25, 0.3) is 0 Å². The molecule has 1 aliphatic carbocycles. The minimum Gasteiger partial charge on any atom is -0.300 e. The summed E-state index contributed by atoms with van der Waals surface area (Å²) in [6.07, 6.45) is 11.7. The Morgan fingerprint density at radius 2 is 0.812 bits per heavy atom. The van der Waals surface area contributed by atoms with Crippen molar-refractivity contribution in [3.8, 4) is 0 Å². The molecule has 2 heteroatoms. The molecular weight excluding hydrogens is 196 g/mol. The smallest absolute Gasteiger partial charge is 0.00964 e. The van der Waals surface area contributed by atoms with Gasteiger partial charge in [0.2, 0.25) is 0 Å². The summed E-state index contributed by atoms with van der Waals surface area (Å²) in [7, 11) is 0. The van der Waals surface area contributed by atoms with Crippen molar-refractivity contribution in [2.45, 2.75) is 63.5 Å². The van der Waals surface area contributed by atoms with Gasteiger partial charge in [0.1, 0.15) is 0 Å². The molecule has 2 aliphatic heterocycles. The summed E-state index contributed by atoms with van der Waals surface area (Å²) in [6, 6.07) is 1.89. The molecule has 16 heavy (non-hydrogen) atoms. The van der Waals surface area contributed by atoms with Crippen LogP contribution in [0.25, 0.3) is 0 Å². The predicted molar refractivity (Wildman–Crippen MR) is 67.7 cm³/mol. The lowest BCUT2D eigenvalue weighted by atomic mass is 9.89. The summed E-state index contributed by atoms with van der Waals surface area (Å²) < 4.78 is 0. The van der Waals surface area contributed by atoms with E-state index in [1.165, 1.54) is 77.5 Å². The number of hydrogen-bond donors (Lipinski definition) is 0. The van der Waals surface area contributed by atoms with Gasteiger partial charge in [0.05, 0.1) is 0 Å². The molecule has 0 bridgehead atoms. The van der Waals surface area contributed by atoms with Crippen molar-refractivity contribution in [3.63, 3.8) is 0 Å². The molecule has 0 aromatic carbocycles. The maximum Gasteiger partial charge on any atom is 0.00964 e. The second-order valence-electron chi connectivity index (χ2n) is 5.95. The van der Waals surface area contributed by atoms with Crippen LogP contribution >= 0.6 is 0 Å². The van der Waals surface area contributed by atoms with Gasteiger partial charge >= 0.3 is 0 Å². The van der Waals surface area contributed by atoms with Crippen molar-refractivity contribution in [3.05, 3.63) is 0 Å². The Labute approximate surface area is 100.0 Å². The Morgan fingerprint density at radius 1 is 0.500 bits per heavy atom. The minimum absolute atomic E-state index is 0.946. The quantitative estimate of drug-likeness (QED) is 0.708. The first-order valence-corrected chi connectivity index (χ1v) is 7.41. The first kappa shape index (κ1) is 11.0. The first-order valence-electron chi connectivity index (χ1n) is 7.41. The fourth-order valence-corrected chi connectivity index (χ4v) is 4.00. The second-order valence-corrected chi connectivity index (χ2v) is 5.95. The van der Waals surface area contributed by atoms with Crippen molar-refractivity contribution in [1.82, 2.24) is 9.80 Å². The zero-order valence-electron chi connectivity index (χ0n) is 10.5. The zero-order valence-corrected chi connectivity index (χ0v) is 10.5. The van der Waals surface area contributed by atoms with Gasteiger partial charge < -0.3 is 9.80 Å². The molecule has 0 atom stereocenters. The van der Waals surface area contributed by atoms with Crippen LogP contribution in [0.1, 0.15) is 51.4 Å². The first-order chi connectivity index (χ1) is 7.93. The fourth-order valence-electron chi connectivity index (χ4n) is 4.00. The molecule has 0 spiro atoms. The zero-order chi connectivity index (χ0) is 10.8. The number of likely N-dealkylation sites (tertiary alicyclic amines) is 2. The lowest BCUT2D eigenvalue weighted by molar-refractivity contribution is 0.123. The molecule has 2 heterocycles. The molecule has 1 saturated carbocycles. The molecular formula is C14H26N2. The van der Waals surface area contributed by atoms with Crippen LogP contribution in [0.5, 0.6) is 0 Å². The minimum atomic E-state index is 0.946. The number of rotatable bonds is 2. The molecule has 2 nitrogen and oxygen atoms in total. The van der Waals surface area contributed by atoms with Crippen LogP contribution in [0.2, 0.25) is 0 Å². The highest BCUT2D eigenvalue weighted by Crippen LogP contribution is 2.30. The third-order valence-electron chi connectivity index (χ3n) is 4.98. The molecule has 0 aromatic heterocycles. The molecule has 0 unspecified atom stereocenters. The van der Waals surface area contributed by atoms with Gasteiger partial charge in [0, 0.05) is 12.1 Å². The van der Waals surface area contributed by atoms with Crippen molar-refractivity contribution in [1.29, 1.82) is 0 Å². The average molecular weight is 222 g/mol. The largest absolute Gasteiger partial charge is 0.300 e. The van der Waals surface area contributed by atoms with E-state index >= 15 is 0 Å². The van der Waals surface area contributed by atoms with Crippen LogP contribution < -0.4 is 0 Å². The molecule has 0 aromatic rings. The van der Waals surface area contributed by atoms with Crippen LogP contribution in [0.15, 0.2) is 0 Å². The van der Waals surface area contributed by atoms with Crippen molar-refractivity contribution in [2.75, 3.05) is 26.2 Å². The Balaban J connectivity index is 1.47. The van der Waals surface area contributed by atoms with E-state index in [1.54, 1.807) is 0 Å². The average Bonchev–Trinajstić information content (AvgIpc) is 3.03. The van der Waals surface area contributed by atoms with Gasteiger partial charge in [0.15, 0.2) is 0 Å². The maximum absolute atomic E-state index is 2.76. The Morgan fingerprint density at radius 3 is 1.12 bits per heavy atom. The highest BCUT2D eigenvalue weighted by Gasteiger charge is 2.30. The van der Waals surface area contributed by atoms with E-state index in [9.17, 15) is 0 Å².